The fraction of sp³-hybridized carbons (Fsp3) is 0.312. The summed E-state index contributed by atoms with van der Waals surface area (Å²) in [4.78, 5) is 30.6. The zero-order chi connectivity index (χ0) is 25.9. The molecule has 5 heteroatoms. The van der Waals surface area contributed by atoms with Gasteiger partial charge in [-0.3, -0.25) is 9.59 Å². The van der Waals surface area contributed by atoms with Crippen molar-refractivity contribution in [3.05, 3.63) is 100.0 Å². The number of rotatable bonds is 5. The minimum absolute atomic E-state index is 0.0462. The van der Waals surface area contributed by atoms with E-state index in [0.717, 1.165) is 40.1 Å². The van der Waals surface area contributed by atoms with Gasteiger partial charge in [-0.2, -0.15) is 0 Å². The van der Waals surface area contributed by atoms with E-state index in [1.165, 1.54) is 18.2 Å². The predicted molar refractivity (Wildman–Crippen MR) is 153 cm³/mol. The monoisotopic (exact) mass is 510 g/mol. The highest BCUT2D eigenvalue weighted by Crippen LogP contribution is 2.43. The summed E-state index contributed by atoms with van der Waals surface area (Å²) in [6.07, 6.45) is 5.33. The Hall–Kier alpha value is -3.31. The van der Waals surface area contributed by atoms with E-state index in [1.54, 1.807) is 0 Å². The second kappa shape index (κ2) is 11.0. The van der Waals surface area contributed by atoms with Gasteiger partial charge >= 0.3 is 0 Å². The molecule has 3 aromatic carbocycles. The Balaban J connectivity index is 1.48. The van der Waals surface area contributed by atoms with Crippen molar-refractivity contribution >= 4 is 35.3 Å². The molecule has 0 spiro atoms. The summed E-state index contributed by atoms with van der Waals surface area (Å²) in [7, 11) is 0. The Bertz CT molecular complexity index is 1330. The molecule has 3 atom stereocenters. The van der Waals surface area contributed by atoms with Crippen molar-refractivity contribution in [2.24, 2.45) is 11.8 Å². The van der Waals surface area contributed by atoms with Crippen LogP contribution >= 0.6 is 11.8 Å². The first-order valence-electron chi connectivity index (χ1n) is 13.2. The number of nitrogens with zero attached hydrogens (tertiary/aromatic N) is 1. The summed E-state index contributed by atoms with van der Waals surface area (Å²) in [5, 5.41) is 3.29. The van der Waals surface area contributed by atoms with Gasteiger partial charge in [-0.05, 0) is 60.6 Å². The molecule has 0 saturated heterocycles. The summed E-state index contributed by atoms with van der Waals surface area (Å²) in [5.74, 6) is 0.953. The third-order valence-electron chi connectivity index (χ3n) is 7.73. The number of carbonyl (C=O) groups is 2. The van der Waals surface area contributed by atoms with Crippen LogP contribution in [-0.4, -0.2) is 17.9 Å². The smallest absolute Gasteiger partial charge is 0.265 e. The first kappa shape index (κ1) is 25.3. The van der Waals surface area contributed by atoms with Crippen molar-refractivity contribution in [2.45, 2.75) is 57.5 Å². The molecule has 4 nitrogen and oxygen atoms in total. The summed E-state index contributed by atoms with van der Waals surface area (Å²) < 4.78 is 0. The first-order valence-corrected chi connectivity index (χ1v) is 14.0. The molecule has 2 amide bonds. The van der Waals surface area contributed by atoms with Crippen LogP contribution in [0.3, 0.4) is 0 Å². The second-order valence-corrected chi connectivity index (χ2v) is 11.5. The zero-order valence-corrected chi connectivity index (χ0v) is 22.6. The Morgan fingerprint density at radius 1 is 1.03 bits per heavy atom. The third kappa shape index (κ3) is 5.67. The van der Waals surface area contributed by atoms with Gasteiger partial charge in [0.1, 0.15) is 0 Å². The highest BCUT2D eigenvalue weighted by molar-refractivity contribution is 8.04. The second-order valence-electron chi connectivity index (χ2n) is 10.4. The van der Waals surface area contributed by atoms with E-state index in [9.17, 15) is 9.59 Å². The van der Waals surface area contributed by atoms with Gasteiger partial charge in [0, 0.05) is 16.5 Å². The van der Waals surface area contributed by atoms with Gasteiger partial charge in [0.25, 0.3) is 11.8 Å². The van der Waals surface area contributed by atoms with Crippen LogP contribution in [0.4, 0.5) is 5.69 Å². The van der Waals surface area contributed by atoms with E-state index >= 15 is 0 Å². The number of hydrogen-bond donors (Lipinski definition) is 1. The molecule has 1 aliphatic heterocycles. The van der Waals surface area contributed by atoms with E-state index in [0.29, 0.717) is 28.8 Å². The summed E-state index contributed by atoms with van der Waals surface area (Å²) in [6.45, 7) is 7.01. The van der Waals surface area contributed by atoms with Gasteiger partial charge in [0.2, 0.25) is 0 Å². The number of amides is 2. The van der Waals surface area contributed by atoms with Crippen molar-refractivity contribution in [3.8, 4) is 0 Å². The fourth-order valence-corrected chi connectivity index (χ4v) is 6.38. The minimum atomic E-state index is -0.0627. The molecule has 37 heavy (non-hydrogen) atoms. The van der Waals surface area contributed by atoms with E-state index in [4.69, 9.17) is 0 Å². The van der Waals surface area contributed by atoms with Crippen molar-refractivity contribution in [1.82, 2.24) is 5.32 Å². The molecule has 1 saturated carbocycles. The number of anilines is 1. The van der Waals surface area contributed by atoms with Crippen LogP contribution in [0, 0.1) is 18.8 Å². The number of benzene rings is 3. The number of thioether (sulfide) groups is 1. The van der Waals surface area contributed by atoms with E-state index in [1.807, 2.05) is 71.6 Å². The van der Waals surface area contributed by atoms with Gasteiger partial charge in [-0.1, -0.05) is 98.6 Å². The Labute approximate surface area is 224 Å². The molecule has 0 aromatic heterocycles. The number of aryl methyl sites for hydroxylation is 1. The maximum atomic E-state index is 13.8. The third-order valence-corrected chi connectivity index (χ3v) is 8.81. The van der Waals surface area contributed by atoms with Crippen molar-refractivity contribution in [2.75, 3.05) is 4.90 Å². The van der Waals surface area contributed by atoms with Crippen LogP contribution in [-0.2, 0) is 11.3 Å². The van der Waals surface area contributed by atoms with Gasteiger partial charge in [-0.25, -0.2) is 0 Å². The highest BCUT2D eigenvalue weighted by atomic mass is 32.2. The maximum Gasteiger partial charge on any atom is 0.265 e. The quantitative estimate of drug-likeness (QED) is 0.368. The molecular weight excluding hydrogens is 476 g/mol. The molecule has 1 aliphatic carbocycles. The molecule has 190 valence electrons. The van der Waals surface area contributed by atoms with Crippen molar-refractivity contribution in [1.29, 1.82) is 0 Å². The predicted octanol–water partition coefficient (Wildman–Crippen LogP) is 7.23. The lowest BCUT2D eigenvalue weighted by molar-refractivity contribution is -0.114. The number of hydrogen-bond acceptors (Lipinski definition) is 3. The van der Waals surface area contributed by atoms with E-state index < -0.39 is 0 Å². The van der Waals surface area contributed by atoms with E-state index in [-0.39, 0.29) is 17.9 Å². The van der Waals surface area contributed by atoms with Gasteiger partial charge in [0.05, 0.1) is 17.1 Å². The average Bonchev–Trinajstić information content (AvgIpc) is 2.89. The molecule has 0 radical (unpaired) electrons. The minimum Gasteiger partial charge on any atom is -0.349 e. The first-order chi connectivity index (χ1) is 17.9. The van der Waals surface area contributed by atoms with Gasteiger partial charge in [-0.15, -0.1) is 0 Å². The lowest BCUT2D eigenvalue weighted by atomic mass is 9.78. The Morgan fingerprint density at radius 3 is 2.62 bits per heavy atom. The van der Waals surface area contributed by atoms with Gasteiger partial charge < -0.3 is 10.2 Å². The van der Waals surface area contributed by atoms with Crippen LogP contribution in [0.2, 0.25) is 0 Å². The Morgan fingerprint density at radius 2 is 1.84 bits per heavy atom. The molecular formula is C32H34N2O2S. The largest absolute Gasteiger partial charge is 0.349 e. The van der Waals surface area contributed by atoms with Crippen LogP contribution in [0.1, 0.15) is 60.2 Å². The SMILES string of the molecule is Cc1cccc(CN2C(=O)/C(=C/c3ccccc3)Sc3ccc(C(=O)N[C@@H]4CCC[C@H](C)[C@@H]4C)cc32)c1. The molecule has 3 aromatic rings. The molecule has 1 heterocycles. The number of carbonyl (C=O) groups excluding carboxylic acids is 2. The molecule has 0 bridgehead atoms. The van der Waals surface area contributed by atoms with E-state index in [2.05, 4.69) is 38.2 Å². The summed E-state index contributed by atoms with van der Waals surface area (Å²) >= 11 is 1.47. The topological polar surface area (TPSA) is 49.4 Å². The lowest BCUT2D eigenvalue weighted by Gasteiger charge is -2.35. The molecule has 1 N–H and O–H groups in total. The lowest BCUT2D eigenvalue weighted by Crippen LogP contribution is -2.43. The van der Waals surface area contributed by atoms with Gasteiger partial charge in [0.15, 0.2) is 0 Å². The summed E-state index contributed by atoms with van der Waals surface area (Å²) in [5.41, 5.74) is 4.59. The molecule has 2 aliphatic rings. The number of fused-ring (bicyclic) bond motifs is 1. The standard InChI is InChI=1S/C32H34N2O2S/c1-21-9-7-13-25(17-21)20-34-28-19-26(31(35)33-27-14-8-10-22(2)23(27)3)15-16-29(28)37-30(32(34)36)18-24-11-5-4-6-12-24/h4-7,9,11-13,15-19,22-23,27H,8,10,14,20H2,1-3H3,(H,33,35)/b30-18-/t22-,23-,27+/m0/s1. The van der Waals surface area contributed by atoms with Crippen LogP contribution in [0.15, 0.2) is 82.6 Å². The normalized spacial score (nSPS) is 22.6. The van der Waals surface area contributed by atoms with Crippen LogP contribution in [0.25, 0.3) is 6.08 Å². The van der Waals surface area contributed by atoms with Crippen LogP contribution in [0.5, 0.6) is 0 Å². The molecule has 1 fully saturated rings. The van der Waals surface area contributed by atoms with Crippen molar-refractivity contribution < 1.29 is 9.59 Å². The van der Waals surface area contributed by atoms with Crippen molar-refractivity contribution in [3.63, 3.8) is 0 Å². The number of nitrogens with one attached hydrogen (secondary N) is 1. The van der Waals surface area contributed by atoms with Crippen LogP contribution < -0.4 is 10.2 Å². The zero-order valence-electron chi connectivity index (χ0n) is 21.7. The fourth-order valence-electron chi connectivity index (χ4n) is 5.34. The summed E-state index contributed by atoms with van der Waals surface area (Å²) in [6, 6.07) is 24.1. The highest BCUT2D eigenvalue weighted by Gasteiger charge is 2.32. The molecule has 0 unspecified atom stereocenters. The Kier molecular flexibility index (Phi) is 7.52. The average molecular weight is 511 g/mol. The maximum absolute atomic E-state index is 13.8. The molecule has 5 rings (SSSR count).